The first-order valence-corrected chi connectivity index (χ1v) is 10.2. The van der Waals surface area contributed by atoms with Crippen LogP contribution in [0.1, 0.15) is 31.2 Å². The van der Waals surface area contributed by atoms with Crippen molar-refractivity contribution in [1.82, 2.24) is 10.3 Å². The van der Waals surface area contributed by atoms with Crippen LogP contribution in [-0.4, -0.2) is 36.1 Å². The molecule has 1 saturated heterocycles. The minimum atomic E-state index is -0.304. The molecule has 2 heterocycles. The molecule has 152 valence electrons. The third kappa shape index (κ3) is 5.04. The van der Waals surface area contributed by atoms with E-state index in [4.69, 9.17) is 0 Å². The monoisotopic (exact) mass is 393 g/mol. The number of nitrogens with zero attached hydrogens (tertiary/aromatic N) is 2. The lowest BCUT2D eigenvalue weighted by Gasteiger charge is -2.33. The van der Waals surface area contributed by atoms with Crippen LogP contribution in [0.25, 0.3) is 0 Å². The largest absolute Gasteiger partial charge is 0.355 e. The molecule has 1 aliphatic carbocycles. The van der Waals surface area contributed by atoms with Gasteiger partial charge in [-0.15, -0.1) is 0 Å². The van der Waals surface area contributed by atoms with E-state index in [0.29, 0.717) is 11.7 Å². The van der Waals surface area contributed by atoms with Gasteiger partial charge in [0.2, 0.25) is 5.91 Å². The molecule has 2 aromatic rings. The number of carbonyl (C=O) groups is 2. The minimum absolute atomic E-state index is 0.0665. The number of pyridine rings is 1. The summed E-state index contributed by atoms with van der Waals surface area (Å²) in [7, 11) is 0. The topological polar surface area (TPSA) is 86.4 Å². The number of nitrogens with one attached hydrogen (secondary N) is 3. The van der Waals surface area contributed by atoms with Gasteiger partial charge in [0.05, 0.1) is 5.69 Å². The fourth-order valence-electron chi connectivity index (χ4n) is 3.57. The molecule has 3 amide bonds. The van der Waals surface area contributed by atoms with Crippen LogP contribution in [0.5, 0.6) is 0 Å². The summed E-state index contributed by atoms with van der Waals surface area (Å²) in [5, 5.41) is 8.85. The third-order valence-electron chi connectivity index (χ3n) is 5.43. The molecule has 0 unspecified atom stereocenters. The summed E-state index contributed by atoms with van der Waals surface area (Å²) >= 11 is 0. The van der Waals surface area contributed by atoms with E-state index in [1.165, 1.54) is 0 Å². The Morgan fingerprint density at radius 2 is 1.72 bits per heavy atom. The highest BCUT2D eigenvalue weighted by Crippen LogP contribution is 2.29. The van der Waals surface area contributed by atoms with Crippen LogP contribution in [-0.2, 0) is 4.79 Å². The molecule has 29 heavy (non-hydrogen) atoms. The molecular formula is C22H27N5O2. The van der Waals surface area contributed by atoms with Gasteiger partial charge in [0.1, 0.15) is 0 Å². The van der Waals surface area contributed by atoms with Crippen molar-refractivity contribution in [2.24, 2.45) is 5.92 Å². The molecule has 1 aliphatic heterocycles. The normalized spacial score (nSPS) is 16.9. The van der Waals surface area contributed by atoms with Crippen molar-refractivity contribution in [2.45, 2.75) is 38.6 Å². The number of rotatable bonds is 5. The summed E-state index contributed by atoms with van der Waals surface area (Å²) < 4.78 is 0. The molecule has 1 saturated carbocycles. The maximum Gasteiger partial charge on any atom is 0.323 e. The molecule has 1 aromatic carbocycles. The number of benzene rings is 1. The summed E-state index contributed by atoms with van der Waals surface area (Å²) in [5.41, 5.74) is 2.54. The average Bonchev–Trinajstić information content (AvgIpc) is 3.54. The summed E-state index contributed by atoms with van der Waals surface area (Å²) in [6.07, 6.45) is 5.54. The smallest absolute Gasteiger partial charge is 0.323 e. The first-order valence-electron chi connectivity index (χ1n) is 10.2. The van der Waals surface area contributed by atoms with Crippen molar-refractivity contribution in [3.05, 3.63) is 48.2 Å². The van der Waals surface area contributed by atoms with Crippen molar-refractivity contribution < 1.29 is 9.59 Å². The molecule has 2 fully saturated rings. The summed E-state index contributed by atoms with van der Waals surface area (Å²) in [5.74, 6) is 0.994. The predicted molar refractivity (Wildman–Crippen MR) is 114 cm³/mol. The number of hydrogen-bond acceptors (Lipinski definition) is 4. The van der Waals surface area contributed by atoms with Crippen LogP contribution in [0, 0.1) is 12.8 Å². The standard InChI is InChI=1S/C22H27N5O2/c1-15-4-6-18(7-5-15)25-22(29)26-19-3-2-12-23-20(19)27-13-10-16(11-14-27)21(28)24-17-8-9-17/h2-7,12,16-17H,8-11,13-14H2,1H3,(H,24,28)(H2,25,26,29). The van der Waals surface area contributed by atoms with Crippen molar-refractivity contribution >= 4 is 29.1 Å². The van der Waals surface area contributed by atoms with Gasteiger partial charge in [0.25, 0.3) is 0 Å². The van der Waals surface area contributed by atoms with Crippen LogP contribution in [0.3, 0.4) is 0 Å². The summed E-state index contributed by atoms with van der Waals surface area (Å²) in [6, 6.07) is 11.4. The van der Waals surface area contributed by atoms with Gasteiger partial charge in [-0.3, -0.25) is 4.79 Å². The van der Waals surface area contributed by atoms with Crippen molar-refractivity contribution in [1.29, 1.82) is 0 Å². The maximum absolute atomic E-state index is 12.4. The Balaban J connectivity index is 1.36. The number of carbonyl (C=O) groups excluding carboxylic acids is 2. The SMILES string of the molecule is Cc1ccc(NC(=O)Nc2cccnc2N2CCC(C(=O)NC3CC3)CC2)cc1. The Labute approximate surface area is 170 Å². The molecule has 0 radical (unpaired) electrons. The lowest BCUT2D eigenvalue weighted by Crippen LogP contribution is -2.41. The Morgan fingerprint density at radius 1 is 1.00 bits per heavy atom. The van der Waals surface area contributed by atoms with Gasteiger partial charge in [-0.05, 0) is 56.9 Å². The van der Waals surface area contributed by atoms with E-state index in [2.05, 4.69) is 25.8 Å². The second kappa shape index (κ2) is 8.51. The van der Waals surface area contributed by atoms with Gasteiger partial charge in [-0.1, -0.05) is 17.7 Å². The zero-order valence-corrected chi connectivity index (χ0v) is 16.6. The molecule has 7 heteroatoms. The van der Waals surface area contributed by atoms with Crippen LogP contribution >= 0.6 is 0 Å². The zero-order chi connectivity index (χ0) is 20.2. The molecule has 3 N–H and O–H groups in total. The van der Waals surface area contributed by atoms with Crippen LogP contribution in [0.2, 0.25) is 0 Å². The van der Waals surface area contributed by atoms with E-state index < -0.39 is 0 Å². The van der Waals surface area contributed by atoms with Crippen molar-refractivity contribution in [3.63, 3.8) is 0 Å². The highest BCUT2D eigenvalue weighted by atomic mass is 16.2. The molecular weight excluding hydrogens is 366 g/mol. The van der Waals surface area contributed by atoms with E-state index in [0.717, 1.165) is 55.8 Å². The number of hydrogen-bond donors (Lipinski definition) is 3. The van der Waals surface area contributed by atoms with E-state index in [1.807, 2.05) is 37.3 Å². The van der Waals surface area contributed by atoms with Crippen LogP contribution < -0.4 is 20.9 Å². The highest BCUT2D eigenvalue weighted by Gasteiger charge is 2.30. The van der Waals surface area contributed by atoms with Crippen molar-refractivity contribution in [2.75, 3.05) is 28.6 Å². The Kier molecular flexibility index (Phi) is 5.64. The van der Waals surface area contributed by atoms with Gasteiger partial charge in [0, 0.05) is 36.9 Å². The van der Waals surface area contributed by atoms with Gasteiger partial charge in [-0.2, -0.15) is 0 Å². The zero-order valence-electron chi connectivity index (χ0n) is 16.6. The predicted octanol–water partition coefficient (Wildman–Crippen LogP) is 3.53. The Morgan fingerprint density at radius 3 is 2.41 bits per heavy atom. The maximum atomic E-state index is 12.4. The van der Waals surface area contributed by atoms with E-state index in [1.54, 1.807) is 12.3 Å². The van der Waals surface area contributed by atoms with Gasteiger partial charge in [0.15, 0.2) is 5.82 Å². The fourth-order valence-corrected chi connectivity index (χ4v) is 3.57. The molecule has 0 spiro atoms. The molecule has 2 aliphatic rings. The Bertz CT molecular complexity index is 871. The Hall–Kier alpha value is -3.09. The summed E-state index contributed by atoms with van der Waals surface area (Å²) in [4.78, 5) is 31.3. The second-order valence-corrected chi connectivity index (χ2v) is 7.86. The quantitative estimate of drug-likeness (QED) is 0.725. The van der Waals surface area contributed by atoms with Gasteiger partial charge in [-0.25, -0.2) is 9.78 Å². The molecule has 0 atom stereocenters. The number of amides is 3. The first-order chi connectivity index (χ1) is 14.1. The molecule has 4 rings (SSSR count). The molecule has 7 nitrogen and oxygen atoms in total. The minimum Gasteiger partial charge on any atom is -0.355 e. The third-order valence-corrected chi connectivity index (χ3v) is 5.43. The lowest BCUT2D eigenvalue weighted by atomic mass is 9.96. The fraction of sp³-hybridized carbons (Fsp3) is 0.409. The number of anilines is 3. The molecule has 1 aromatic heterocycles. The van der Waals surface area contributed by atoms with Gasteiger partial charge < -0.3 is 20.9 Å². The average molecular weight is 393 g/mol. The van der Waals surface area contributed by atoms with E-state index >= 15 is 0 Å². The number of piperidine rings is 1. The van der Waals surface area contributed by atoms with Crippen LogP contribution in [0.4, 0.5) is 22.0 Å². The number of urea groups is 1. The van der Waals surface area contributed by atoms with E-state index in [9.17, 15) is 9.59 Å². The molecule has 0 bridgehead atoms. The van der Waals surface area contributed by atoms with Gasteiger partial charge >= 0.3 is 6.03 Å². The summed E-state index contributed by atoms with van der Waals surface area (Å²) in [6.45, 7) is 3.49. The number of aryl methyl sites for hydroxylation is 1. The second-order valence-electron chi connectivity index (χ2n) is 7.86. The van der Waals surface area contributed by atoms with Crippen LogP contribution in [0.15, 0.2) is 42.6 Å². The van der Waals surface area contributed by atoms with E-state index in [-0.39, 0.29) is 17.9 Å². The highest BCUT2D eigenvalue weighted by molar-refractivity contribution is 6.01. The lowest BCUT2D eigenvalue weighted by molar-refractivity contribution is -0.125. The number of aromatic nitrogens is 1. The first kappa shape index (κ1) is 19.2. The van der Waals surface area contributed by atoms with Crippen molar-refractivity contribution in [3.8, 4) is 0 Å².